The highest BCUT2D eigenvalue weighted by Gasteiger charge is 2.22. The highest BCUT2D eigenvalue weighted by Crippen LogP contribution is 2.31. The summed E-state index contributed by atoms with van der Waals surface area (Å²) in [6, 6.07) is 14.3. The Kier molecular flexibility index (Phi) is 7.65. The van der Waals surface area contributed by atoms with Crippen LogP contribution in [0.15, 0.2) is 48.5 Å². The van der Waals surface area contributed by atoms with Crippen molar-refractivity contribution >= 4 is 34.6 Å². The van der Waals surface area contributed by atoms with Crippen LogP contribution in [0, 0.1) is 0 Å². The summed E-state index contributed by atoms with van der Waals surface area (Å²) < 4.78 is 0. The fourth-order valence-corrected chi connectivity index (χ4v) is 2.62. The molecule has 0 saturated heterocycles. The highest BCUT2D eigenvalue weighted by molar-refractivity contribution is 8.14. The van der Waals surface area contributed by atoms with Crippen LogP contribution in [-0.4, -0.2) is 16.3 Å². The molecule has 0 heterocycles. The van der Waals surface area contributed by atoms with Crippen molar-refractivity contribution in [3.8, 4) is 11.1 Å². The first-order chi connectivity index (χ1) is 11.0. The Morgan fingerprint density at radius 3 is 1.83 bits per heavy atom. The van der Waals surface area contributed by atoms with E-state index in [-0.39, 0.29) is 0 Å². The average Bonchev–Trinajstić information content (AvgIpc) is 2.55. The molecule has 0 saturated carbocycles. The van der Waals surface area contributed by atoms with E-state index in [2.05, 4.69) is 0 Å². The third-order valence-corrected chi connectivity index (χ3v) is 4.04. The molecule has 23 heavy (non-hydrogen) atoms. The van der Waals surface area contributed by atoms with Crippen molar-refractivity contribution in [2.75, 3.05) is 0 Å². The number of thioether (sulfide) groups is 1. The Labute approximate surface area is 144 Å². The minimum absolute atomic E-state index is 0.518. The molecule has 0 aliphatic carbocycles. The summed E-state index contributed by atoms with van der Waals surface area (Å²) in [6.45, 7) is 4.00. The molecular weight excluding hydrogens is 334 g/mol. The molecule has 2 aromatic rings. The van der Waals surface area contributed by atoms with Crippen molar-refractivity contribution in [2.24, 2.45) is 5.73 Å². The topological polar surface area (TPSA) is 80.4 Å². The first-order valence-corrected chi connectivity index (χ1v) is 8.28. The van der Waals surface area contributed by atoms with Gasteiger partial charge in [0.25, 0.3) is 5.24 Å². The molecule has 0 aliphatic heterocycles. The molecule has 0 bridgehead atoms. The van der Waals surface area contributed by atoms with Crippen molar-refractivity contribution < 1.29 is 14.7 Å². The third-order valence-electron chi connectivity index (χ3n) is 2.85. The molecule has 0 fully saturated rings. The molecule has 1 unspecified atom stereocenters. The summed E-state index contributed by atoms with van der Waals surface area (Å²) >= 11 is 6.42. The maximum Gasteiger partial charge on any atom is 0.321 e. The average molecular weight is 352 g/mol. The van der Waals surface area contributed by atoms with E-state index < -0.39 is 16.5 Å². The number of amides is 1. The molecule has 0 spiro atoms. The second-order valence-electron chi connectivity index (χ2n) is 4.28. The molecule has 122 valence electrons. The standard InChI is InChI=1S/C15H12ClNO3S.C2H6/c16-12-7-5-10(6-8-12)9-1-3-11(4-2-9)13(14(18)19)21-15(17)20;1-2/h1-8,13H,(H2,17,20)(H,18,19);1-2H3. The number of carbonyl (C=O) groups is 2. The Morgan fingerprint density at radius 1 is 1.00 bits per heavy atom. The van der Waals surface area contributed by atoms with E-state index >= 15 is 0 Å². The Morgan fingerprint density at radius 2 is 1.43 bits per heavy atom. The Balaban J connectivity index is 0.00000127. The number of nitrogens with two attached hydrogens (primary N) is 1. The van der Waals surface area contributed by atoms with Gasteiger partial charge in [0.2, 0.25) is 0 Å². The summed E-state index contributed by atoms with van der Waals surface area (Å²) in [7, 11) is 0. The molecule has 0 aromatic heterocycles. The van der Waals surface area contributed by atoms with Gasteiger partial charge in [0, 0.05) is 5.02 Å². The van der Waals surface area contributed by atoms with Crippen molar-refractivity contribution in [2.45, 2.75) is 19.1 Å². The van der Waals surface area contributed by atoms with Crippen LogP contribution in [0.2, 0.25) is 5.02 Å². The van der Waals surface area contributed by atoms with Crippen molar-refractivity contribution in [1.29, 1.82) is 0 Å². The molecule has 0 radical (unpaired) electrons. The summed E-state index contributed by atoms with van der Waals surface area (Å²) in [5.74, 6) is -1.10. The number of carbonyl (C=O) groups excluding carboxylic acids is 1. The predicted octanol–water partition coefficient (Wildman–Crippen LogP) is 4.97. The van der Waals surface area contributed by atoms with E-state index in [9.17, 15) is 9.59 Å². The number of primary amides is 1. The third kappa shape index (κ3) is 5.62. The smallest absolute Gasteiger partial charge is 0.321 e. The second-order valence-corrected chi connectivity index (χ2v) is 5.83. The normalized spacial score (nSPS) is 11.1. The second kappa shape index (κ2) is 9.22. The van der Waals surface area contributed by atoms with E-state index in [4.69, 9.17) is 22.4 Å². The van der Waals surface area contributed by atoms with Gasteiger partial charge in [-0.15, -0.1) is 0 Å². The van der Waals surface area contributed by atoms with Crippen molar-refractivity contribution in [3.05, 3.63) is 59.1 Å². The number of benzene rings is 2. The van der Waals surface area contributed by atoms with Gasteiger partial charge in [0.05, 0.1) is 0 Å². The minimum Gasteiger partial charge on any atom is -0.480 e. The van der Waals surface area contributed by atoms with E-state index in [0.29, 0.717) is 22.3 Å². The highest BCUT2D eigenvalue weighted by atomic mass is 35.5. The molecule has 6 heteroatoms. The molecule has 4 nitrogen and oxygen atoms in total. The van der Waals surface area contributed by atoms with Crippen LogP contribution in [0.4, 0.5) is 4.79 Å². The van der Waals surface area contributed by atoms with Crippen LogP contribution in [0.3, 0.4) is 0 Å². The fourth-order valence-electron chi connectivity index (χ4n) is 1.87. The fraction of sp³-hybridized carbons (Fsp3) is 0.176. The van der Waals surface area contributed by atoms with Gasteiger partial charge in [0.1, 0.15) is 5.25 Å². The summed E-state index contributed by atoms with van der Waals surface area (Å²) in [6.07, 6.45) is 0. The van der Waals surface area contributed by atoms with Gasteiger partial charge in [-0.1, -0.05) is 61.8 Å². The number of hydrogen-bond acceptors (Lipinski definition) is 3. The Bertz CT molecular complexity index is 657. The van der Waals surface area contributed by atoms with Crippen LogP contribution in [0.1, 0.15) is 24.7 Å². The van der Waals surface area contributed by atoms with Gasteiger partial charge in [-0.2, -0.15) is 0 Å². The van der Waals surface area contributed by atoms with Gasteiger partial charge in [-0.3, -0.25) is 9.59 Å². The lowest BCUT2D eigenvalue weighted by Gasteiger charge is -2.11. The first-order valence-electron chi connectivity index (χ1n) is 7.02. The zero-order valence-electron chi connectivity index (χ0n) is 12.8. The molecule has 1 amide bonds. The van der Waals surface area contributed by atoms with Gasteiger partial charge in [0.15, 0.2) is 0 Å². The monoisotopic (exact) mass is 351 g/mol. The number of rotatable bonds is 4. The lowest BCUT2D eigenvalue weighted by molar-refractivity contribution is -0.136. The quantitative estimate of drug-likeness (QED) is 0.814. The summed E-state index contributed by atoms with van der Waals surface area (Å²) in [4.78, 5) is 22.1. The lowest BCUT2D eigenvalue weighted by atomic mass is 10.0. The number of carboxylic acids is 1. The van der Waals surface area contributed by atoms with Gasteiger partial charge < -0.3 is 10.8 Å². The van der Waals surface area contributed by atoms with Gasteiger partial charge >= 0.3 is 5.97 Å². The largest absolute Gasteiger partial charge is 0.480 e. The van der Waals surface area contributed by atoms with Crippen LogP contribution in [0.5, 0.6) is 0 Å². The number of carboxylic acid groups (broad SMARTS) is 1. The maximum atomic E-state index is 11.2. The molecule has 1 atom stereocenters. The molecule has 3 N–H and O–H groups in total. The predicted molar refractivity (Wildman–Crippen MR) is 95.8 cm³/mol. The van der Waals surface area contributed by atoms with E-state index in [0.717, 1.165) is 11.1 Å². The lowest BCUT2D eigenvalue weighted by Crippen LogP contribution is -2.13. The number of hydrogen-bond donors (Lipinski definition) is 2. The number of aliphatic carboxylic acids is 1. The molecule has 2 aromatic carbocycles. The van der Waals surface area contributed by atoms with E-state index in [1.165, 1.54) is 0 Å². The van der Waals surface area contributed by atoms with Gasteiger partial charge in [-0.05, 0) is 40.6 Å². The van der Waals surface area contributed by atoms with E-state index in [1.54, 1.807) is 36.4 Å². The number of halogens is 1. The SMILES string of the molecule is CC.NC(=O)SC(C(=O)O)c1ccc(-c2ccc(Cl)cc2)cc1. The first kappa shape index (κ1) is 19.1. The van der Waals surface area contributed by atoms with E-state index in [1.807, 2.05) is 26.0 Å². The Hall–Kier alpha value is -1.98. The summed E-state index contributed by atoms with van der Waals surface area (Å²) in [5, 5.41) is 8.08. The minimum atomic E-state index is -1.10. The van der Waals surface area contributed by atoms with Crippen LogP contribution >= 0.6 is 23.4 Å². The van der Waals surface area contributed by atoms with Crippen LogP contribution in [0.25, 0.3) is 11.1 Å². The zero-order chi connectivity index (χ0) is 17.4. The van der Waals surface area contributed by atoms with Crippen LogP contribution in [-0.2, 0) is 4.79 Å². The summed E-state index contributed by atoms with van der Waals surface area (Å²) in [5.41, 5.74) is 7.48. The van der Waals surface area contributed by atoms with Crippen molar-refractivity contribution in [1.82, 2.24) is 0 Å². The molecular formula is C17H18ClNO3S. The zero-order valence-corrected chi connectivity index (χ0v) is 14.4. The van der Waals surface area contributed by atoms with Gasteiger partial charge in [-0.25, -0.2) is 0 Å². The van der Waals surface area contributed by atoms with Crippen LogP contribution < -0.4 is 5.73 Å². The van der Waals surface area contributed by atoms with Crippen molar-refractivity contribution in [3.63, 3.8) is 0 Å². The molecule has 2 rings (SSSR count). The maximum absolute atomic E-state index is 11.2. The molecule has 0 aliphatic rings.